The van der Waals surface area contributed by atoms with Crippen LogP contribution in [0, 0.1) is 0 Å². The Balaban J connectivity index is 4.05. The predicted octanol–water partition coefficient (Wildman–Crippen LogP) is 2.26. The molecule has 0 saturated heterocycles. The van der Waals surface area contributed by atoms with Gasteiger partial charge >= 0.3 is 12.1 Å². The fourth-order valence-electron chi connectivity index (χ4n) is 1.27. The minimum Gasteiger partial charge on any atom is -0.459 e. The van der Waals surface area contributed by atoms with Crippen molar-refractivity contribution < 1.29 is 23.8 Å². The quantitative estimate of drug-likeness (QED) is 0.575. The number of nitrogens with one attached hydrogen (secondary N) is 1. The lowest BCUT2D eigenvalue weighted by Gasteiger charge is -2.22. The van der Waals surface area contributed by atoms with Gasteiger partial charge in [0.05, 0.1) is 6.61 Å². The molecule has 0 fully saturated rings. The number of ether oxygens (including phenoxy) is 3. The van der Waals surface area contributed by atoms with Crippen molar-refractivity contribution in [3.8, 4) is 0 Å². The Bertz CT molecular complexity index is 311. The van der Waals surface area contributed by atoms with Crippen molar-refractivity contribution in [2.45, 2.75) is 65.7 Å². The molecule has 0 aromatic rings. The highest BCUT2D eigenvalue weighted by Crippen LogP contribution is 2.07. The summed E-state index contributed by atoms with van der Waals surface area (Å²) in [6, 6.07) is -0.765. The maximum Gasteiger partial charge on any atom is 0.408 e. The van der Waals surface area contributed by atoms with Crippen LogP contribution in [0.15, 0.2) is 0 Å². The molecule has 0 spiro atoms. The van der Waals surface area contributed by atoms with E-state index in [-0.39, 0.29) is 6.10 Å². The maximum atomic E-state index is 11.7. The number of hydrogen-bond acceptors (Lipinski definition) is 5. The lowest BCUT2D eigenvalue weighted by Crippen LogP contribution is -2.43. The van der Waals surface area contributed by atoms with E-state index >= 15 is 0 Å². The first kappa shape index (κ1) is 18.7. The van der Waals surface area contributed by atoms with E-state index in [1.54, 1.807) is 34.6 Å². The van der Waals surface area contributed by atoms with E-state index in [0.29, 0.717) is 13.2 Å². The largest absolute Gasteiger partial charge is 0.459 e. The zero-order chi connectivity index (χ0) is 15.8. The molecule has 0 saturated carbocycles. The van der Waals surface area contributed by atoms with Crippen LogP contribution in [0.25, 0.3) is 0 Å². The highest BCUT2D eigenvalue weighted by molar-refractivity contribution is 5.81. The molecule has 1 N–H and O–H groups in total. The molecule has 0 aromatic heterocycles. The first-order valence-corrected chi connectivity index (χ1v) is 6.93. The summed E-state index contributed by atoms with van der Waals surface area (Å²) < 4.78 is 15.5. The van der Waals surface area contributed by atoms with E-state index in [9.17, 15) is 9.59 Å². The van der Waals surface area contributed by atoms with Crippen LogP contribution >= 0.6 is 0 Å². The molecule has 0 aliphatic rings. The van der Waals surface area contributed by atoms with Gasteiger partial charge < -0.3 is 19.5 Å². The molecule has 0 aliphatic heterocycles. The first-order valence-electron chi connectivity index (χ1n) is 6.93. The minimum atomic E-state index is -0.765. The van der Waals surface area contributed by atoms with Gasteiger partial charge in [-0.25, -0.2) is 9.59 Å². The number of rotatable bonds is 7. The number of carbonyl (C=O) groups is 2. The monoisotopic (exact) mass is 289 g/mol. The van der Waals surface area contributed by atoms with E-state index in [0.717, 1.165) is 6.42 Å². The molecule has 0 unspecified atom stereocenters. The van der Waals surface area contributed by atoms with Gasteiger partial charge in [-0.2, -0.15) is 0 Å². The molecule has 0 rings (SSSR count). The second-order valence-corrected chi connectivity index (χ2v) is 5.69. The Morgan fingerprint density at radius 2 is 1.80 bits per heavy atom. The molecule has 0 aliphatic carbocycles. The number of alkyl carbamates (subject to hydrolysis) is 1. The smallest absolute Gasteiger partial charge is 0.408 e. The van der Waals surface area contributed by atoms with E-state index < -0.39 is 23.7 Å². The maximum absolute atomic E-state index is 11.7. The van der Waals surface area contributed by atoms with Gasteiger partial charge in [0.1, 0.15) is 17.7 Å². The fraction of sp³-hybridized carbons (Fsp3) is 0.857. The highest BCUT2D eigenvalue weighted by atomic mass is 16.6. The van der Waals surface area contributed by atoms with Crippen LogP contribution in [0.4, 0.5) is 4.79 Å². The van der Waals surface area contributed by atoms with Crippen molar-refractivity contribution in [2.75, 3.05) is 13.2 Å². The Hall–Kier alpha value is -1.30. The standard InChI is InChI=1S/C14H27NO5/c1-7-8-18-9-10(2)19-12(16)11(3)15-13(17)20-14(4,5)6/h10-11H,7-9H2,1-6H3,(H,15,17)/t10-,11-/m0/s1. The van der Waals surface area contributed by atoms with Gasteiger partial charge in [-0.15, -0.1) is 0 Å². The molecular formula is C14H27NO5. The molecule has 0 bridgehead atoms. The molecule has 0 radical (unpaired) electrons. The molecule has 2 atom stereocenters. The van der Waals surface area contributed by atoms with Crippen LogP contribution in [-0.4, -0.2) is 43.0 Å². The van der Waals surface area contributed by atoms with Crippen molar-refractivity contribution in [3.63, 3.8) is 0 Å². The molecule has 0 heterocycles. The molecular weight excluding hydrogens is 262 g/mol. The molecule has 1 amide bonds. The fourth-order valence-corrected chi connectivity index (χ4v) is 1.27. The lowest BCUT2D eigenvalue weighted by molar-refractivity contribution is -0.153. The topological polar surface area (TPSA) is 73.9 Å². The van der Waals surface area contributed by atoms with Crippen molar-refractivity contribution in [3.05, 3.63) is 0 Å². The summed E-state index contributed by atoms with van der Waals surface area (Å²) >= 11 is 0. The van der Waals surface area contributed by atoms with Crippen molar-refractivity contribution in [1.29, 1.82) is 0 Å². The van der Waals surface area contributed by atoms with Crippen LogP contribution in [0.5, 0.6) is 0 Å². The van der Waals surface area contributed by atoms with Crippen LogP contribution in [0.2, 0.25) is 0 Å². The van der Waals surface area contributed by atoms with Gasteiger partial charge in [-0.3, -0.25) is 0 Å². The summed E-state index contributed by atoms with van der Waals surface area (Å²) in [5.41, 5.74) is -0.602. The molecule has 118 valence electrons. The number of esters is 1. The van der Waals surface area contributed by atoms with E-state index in [4.69, 9.17) is 14.2 Å². The van der Waals surface area contributed by atoms with Crippen LogP contribution in [0.1, 0.15) is 48.0 Å². The van der Waals surface area contributed by atoms with Gasteiger partial charge in [0.25, 0.3) is 0 Å². The third-order valence-corrected chi connectivity index (χ3v) is 2.11. The zero-order valence-corrected chi connectivity index (χ0v) is 13.3. The Kier molecular flexibility index (Phi) is 8.22. The van der Waals surface area contributed by atoms with Crippen molar-refractivity contribution in [1.82, 2.24) is 5.32 Å². The van der Waals surface area contributed by atoms with Crippen LogP contribution < -0.4 is 5.32 Å². The Morgan fingerprint density at radius 1 is 1.20 bits per heavy atom. The second-order valence-electron chi connectivity index (χ2n) is 5.69. The summed E-state index contributed by atoms with van der Waals surface area (Å²) in [5.74, 6) is -0.511. The first-order chi connectivity index (χ1) is 9.15. The molecule has 0 aromatic carbocycles. The van der Waals surface area contributed by atoms with Gasteiger partial charge in [0.15, 0.2) is 0 Å². The summed E-state index contributed by atoms with van der Waals surface area (Å²) in [7, 11) is 0. The van der Waals surface area contributed by atoms with Gasteiger partial charge in [-0.1, -0.05) is 6.92 Å². The van der Waals surface area contributed by atoms with Gasteiger partial charge in [-0.05, 0) is 41.0 Å². The zero-order valence-electron chi connectivity index (χ0n) is 13.3. The summed E-state index contributed by atoms with van der Waals surface area (Å²) in [5, 5.41) is 2.43. The van der Waals surface area contributed by atoms with E-state index in [2.05, 4.69) is 5.32 Å². The van der Waals surface area contributed by atoms with Crippen LogP contribution in [0.3, 0.4) is 0 Å². The molecule has 6 nitrogen and oxygen atoms in total. The summed E-state index contributed by atoms with van der Waals surface area (Å²) in [6.07, 6.45) is -0.0779. The van der Waals surface area contributed by atoms with E-state index in [1.807, 2.05) is 6.92 Å². The Morgan fingerprint density at radius 3 is 2.30 bits per heavy atom. The third kappa shape index (κ3) is 9.61. The lowest BCUT2D eigenvalue weighted by atomic mass is 10.2. The second kappa shape index (κ2) is 8.79. The van der Waals surface area contributed by atoms with Gasteiger partial charge in [0, 0.05) is 6.61 Å². The number of carbonyl (C=O) groups excluding carboxylic acids is 2. The summed E-state index contributed by atoms with van der Waals surface area (Å²) in [4.78, 5) is 23.2. The molecule has 6 heteroatoms. The van der Waals surface area contributed by atoms with Crippen molar-refractivity contribution >= 4 is 12.1 Å². The SMILES string of the molecule is CCCOC[C@H](C)OC(=O)[C@H](C)NC(=O)OC(C)(C)C. The van der Waals surface area contributed by atoms with Crippen LogP contribution in [-0.2, 0) is 19.0 Å². The third-order valence-electron chi connectivity index (χ3n) is 2.11. The number of hydrogen-bond donors (Lipinski definition) is 1. The van der Waals surface area contributed by atoms with Crippen molar-refractivity contribution in [2.24, 2.45) is 0 Å². The highest BCUT2D eigenvalue weighted by Gasteiger charge is 2.23. The normalized spacial score (nSPS) is 14.3. The predicted molar refractivity (Wildman–Crippen MR) is 75.5 cm³/mol. The summed E-state index contributed by atoms with van der Waals surface area (Å²) in [6.45, 7) is 11.5. The minimum absolute atomic E-state index is 0.346. The number of amides is 1. The Labute approximate surface area is 121 Å². The van der Waals surface area contributed by atoms with Gasteiger partial charge in [0.2, 0.25) is 0 Å². The average molecular weight is 289 g/mol. The molecule has 20 heavy (non-hydrogen) atoms. The van der Waals surface area contributed by atoms with E-state index in [1.165, 1.54) is 0 Å². The average Bonchev–Trinajstić information content (AvgIpc) is 2.26.